The molecule has 0 bridgehead atoms. The molecule has 1 aliphatic heterocycles. The molecule has 78 valence electrons. The molecule has 4 heteroatoms. The molecule has 1 rings (SSSR count). The van der Waals surface area contributed by atoms with E-state index < -0.39 is 0 Å². The van der Waals surface area contributed by atoms with Crippen molar-refractivity contribution < 1.29 is 9.53 Å². The third-order valence-electron chi connectivity index (χ3n) is 2.41. The molecule has 0 spiro atoms. The predicted molar refractivity (Wildman–Crippen MR) is 51.5 cm³/mol. The monoisotopic (exact) mass is 196 g/mol. The van der Waals surface area contributed by atoms with Crippen molar-refractivity contribution in [3.63, 3.8) is 0 Å². The zero-order valence-corrected chi connectivity index (χ0v) is 8.53. The van der Waals surface area contributed by atoms with Gasteiger partial charge in [0, 0.05) is 20.2 Å². The highest BCUT2D eigenvalue weighted by atomic mass is 16.5. The van der Waals surface area contributed by atoms with E-state index in [0.29, 0.717) is 19.4 Å². The molecule has 0 radical (unpaired) electrons. The maximum Gasteiger partial charge on any atom is 0.224 e. The summed E-state index contributed by atoms with van der Waals surface area (Å²) in [6, 6.07) is 2.02. The second-order valence-electron chi connectivity index (χ2n) is 3.56. The van der Waals surface area contributed by atoms with Gasteiger partial charge in [-0.1, -0.05) is 0 Å². The Bertz CT molecular complexity index is 229. The molecule has 1 atom stereocenters. The summed E-state index contributed by atoms with van der Waals surface area (Å²) in [6.45, 7) is 1.29. The summed E-state index contributed by atoms with van der Waals surface area (Å²) < 4.78 is 5.37. The number of nitrogens with zero attached hydrogens (tertiary/aromatic N) is 2. The highest BCUT2D eigenvalue weighted by molar-refractivity contribution is 5.76. The van der Waals surface area contributed by atoms with Crippen LogP contribution in [0.15, 0.2) is 0 Å². The fraction of sp³-hybridized carbons (Fsp3) is 0.800. The lowest BCUT2D eigenvalue weighted by molar-refractivity contribution is -0.132. The van der Waals surface area contributed by atoms with E-state index >= 15 is 0 Å². The quantitative estimate of drug-likeness (QED) is 0.672. The molecule has 1 saturated heterocycles. The van der Waals surface area contributed by atoms with Gasteiger partial charge in [-0.15, -0.1) is 0 Å². The van der Waals surface area contributed by atoms with Crippen molar-refractivity contribution in [3.05, 3.63) is 0 Å². The third-order valence-corrected chi connectivity index (χ3v) is 2.41. The average Bonchev–Trinajstić information content (AvgIpc) is 2.66. The lowest BCUT2D eigenvalue weighted by Gasteiger charge is -2.17. The van der Waals surface area contributed by atoms with Crippen molar-refractivity contribution in [1.29, 1.82) is 5.26 Å². The van der Waals surface area contributed by atoms with Crippen LogP contribution in [0.5, 0.6) is 0 Å². The van der Waals surface area contributed by atoms with Crippen LogP contribution in [0.25, 0.3) is 0 Å². The van der Waals surface area contributed by atoms with E-state index in [4.69, 9.17) is 10.00 Å². The van der Waals surface area contributed by atoms with Gasteiger partial charge in [-0.3, -0.25) is 4.79 Å². The maximum absolute atomic E-state index is 11.5. The molecule has 1 amide bonds. The molecule has 4 nitrogen and oxygen atoms in total. The minimum Gasteiger partial charge on any atom is -0.378 e. The number of nitriles is 1. The first-order valence-electron chi connectivity index (χ1n) is 4.96. The molecular weight excluding hydrogens is 180 g/mol. The molecule has 0 aromatic heterocycles. The van der Waals surface area contributed by atoms with Crippen LogP contribution in [0.4, 0.5) is 0 Å². The zero-order chi connectivity index (χ0) is 10.4. The lowest BCUT2D eigenvalue weighted by Crippen LogP contribution is -2.30. The summed E-state index contributed by atoms with van der Waals surface area (Å²) in [5.41, 5.74) is 0. The van der Waals surface area contributed by atoms with Crippen LogP contribution in [-0.4, -0.2) is 37.1 Å². The standard InChI is InChI=1S/C10H16N2O2/c1-12(6-3-5-11)10(13)8-9-4-2-7-14-9/h9H,2-4,6-8H2,1H3. The minimum atomic E-state index is 0.0761. The smallest absolute Gasteiger partial charge is 0.224 e. The van der Waals surface area contributed by atoms with Crippen molar-refractivity contribution >= 4 is 5.91 Å². The molecule has 0 saturated carbocycles. The van der Waals surface area contributed by atoms with Crippen molar-refractivity contribution in [2.24, 2.45) is 0 Å². The molecule has 0 N–H and O–H groups in total. The Labute approximate surface area is 84.4 Å². The van der Waals surface area contributed by atoms with Gasteiger partial charge < -0.3 is 9.64 Å². The fourth-order valence-electron chi connectivity index (χ4n) is 1.50. The molecular formula is C10H16N2O2. The maximum atomic E-state index is 11.5. The minimum absolute atomic E-state index is 0.0761. The molecule has 0 aromatic rings. The summed E-state index contributed by atoms with van der Waals surface area (Å²) in [5.74, 6) is 0.0761. The number of carbonyl (C=O) groups excluding carboxylic acids is 1. The van der Waals surface area contributed by atoms with Crippen LogP contribution in [0.1, 0.15) is 25.7 Å². The molecule has 1 heterocycles. The summed E-state index contributed by atoms with van der Waals surface area (Å²) in [5, 5.41) is 8.37. The highest BCUT2D eigenvalue weighted by Crippen LogP contribution is 2.15. The third kappa shape index (κ3) is 3.35. The Kier molecular flexibility index (Phi) is 4.41. The Hall–Kier alpha value is -1.08. The normalized spacial score (nSPS) is 20.4. The van der Waals surface area contributed by atoms with Crippen LogP contribution in [-0.2, 0) is 9.53 Å². The Morgan fingerprint density at radius 1 is 1.71 bits per heavy atom. The van der Waals surface area contributed by atoms with Crippen molar-refractivity contribution in [2.45, 2.75) is 31.8 Å². The number of ether oxygens (including phenoxy) is 1. The first-order valence-corrected chi connectivity index (χ1v) is 4.96. The van der Waals surface area contributed by atoms with E-state index in [9.17, 15) is 4.79 Å². The van der Waals surface area contributed by atoms with Gasteiger partial charge in [-0.25, -0.2) is 0 Å². The van der Waals surface area contributed by atoms with E-state index in [1.54, 1.807) is 11.9 Å². The summed E-state index contributed by atoms with van der Waals surface area (Å²) in [6.07, 6.45) is 3.00. The number of carbonyl (C=O) groups is 1. The zero-order valence-electron chi connectivity index (χ0n) is 8.53. The number of amides is 1. The Morgan fingerprint density at radius 3 is 3.07 bits per heavy atom. The van der Waals surface area contributed by atoms with Crippen LogP contribution in [0.2, 0.25) is 0 Å². The Balaban J connectivity index is 2.22. The molecule has 0 aliphatic carbocycles. The predicted octanol–water partition coefficient (Wildman–Crippen LogP) is 0.928. The number of hydrogen-bond acceptors (Lipinski definition) is 3. The van der Waals surface area contributed by atoms with E-state index in [2.05, 4.69) is 0 Å². The molecule has 1 fully saturated rings. The lowest BCUT2D eigenvalue weighted by atomic mass is 10.1. The highest BCUT2D eigenvalue weighted by Gasteiger charge is 2.20. The van der Waals surface area contributed by atoms with Gasteiger partial charge in [0.2, 0.25) is 5.91 Å². The van der Waals surface area contributed by atoms with Gasteiger partial charge in [-0.05, 0) is 12.8 Å². The van der Waals surface area contributed by atoms with Crippen LogP contribution < -0.4 is 0 Å². The number of rotatable bonds is 4. The molecule has 14 heavy (non-hydrogen) atoms. The van der Waals surface area contributed by atoms with E-state index in [-0.39, 0.29) is 12.0 Å². The SMILES string of the molecule is CN(CCC#N)C(=O)CC1CCCO1. The van der Waals surface area contributed by atoms with Gasteiger partial charge in [0.1, 0.15) is 0 Å². The van der Waals surface area contributed by atoms with Crippen molar-refractivity contribution in [3.8, 4) is 6.07 Å². The van der Waals surface area contributed by atoms with Gasteiger partial charge >= 0.3 is 0 Å². The van der Waals surface area contributed by atoms with Crippen LogP contribution in [0, 0.1) is 11.3 Å². The Morgan fingerprint density at radius 2 is 2.50 bits per heavy atom. The van der Waals surface area contributed by atoms with E-state index in [0.717, 1.165) is 19.4 Å². The number of hydrogen-bond donors (Lipinski definition) is 0. The van der Waals surface area contributed by atoms with Crippen molar-refractivity contribution in [2.75, 3.05) is 20.2 Å². The van der Waals surface area contributed by atoms with E-state index in [1.807, 2.05) is 6.07 Å². The second-order valence-corrected chi connectivity index (χ2v) is 3.56. The second kappa shape index (κ2) is 5.61. The summed E-state index contributed by atoms with van der Waals surface area (Å²) in [7, 11) is 1.73. The van der Waals surface area contributed by atoms with E-state index in [1.165, 1.54) is 0 Å². The average molecular weight is 196 g/mol. The van der Waals surface area contributed by atoms with Crippen LogP contribution >= 0.6 is 0 Å². The van der Waals surface area contributed by atoms with Gasteiger partial charge in [0.15, 0.2) is 0 Å². The molecule has 1 unspecified atom stereocenters. The van der Waals surface area contributed by atoms with Crippen LogP contribution in [0.3, 0.4) is 0 Å². The van der Waals surface area contributed by atoms with Gasteiger partial charge in [0.05, 0.1) is 25.0 Å². The van der Waals surface area contributed by atoms with Crippen molar-refractivity contribution in [1.82, 2.24) is 4.90 Å². The molecule has 1 aliphatic rings. The van der Waals surface area contributed by atoms with Gasteiger partial charge in [0.25, 0.3) is 0 Å². The van der Waals surface area contributed by atoms with Gasteiger partial charge in [-0.2, -0.15) is 5.26 Å². The molecule has 0 aromatic carbocycles. The summed E-state index contributed by atoms with van der Waals surface area (Å²) in [4.78, 5) is 13.1. The fourth-order valence-corrected chi connectivity index (χ4v) is 1.50. The first-order chi connectivity index (χ1) is 6.74. The largest absolute Gasteiger partial charge is 0.378 e. The first kappa shape index (κ1) is 11.0. The topological polar surface area (TPSA) is 53.3 Å². The summed E-state index contributed by atoms with van der Waals surface area (Å²) >= 11 is 0.